The molecule has 28 heavy (non-hydrogen) atoms. The van der Waals surface area contributed by atoms with Gasteiger partial charge in [-0.05, 0) is 56.3 Å². The summed E-state index contributed by atoms with van der Waals surface area (Å²) < 4.78 is 11.3. The number of nitrogens with zero attached hydrogens (tertiary/aromatic N) is 1. The van der Waals surface area contributed by atoms with Crippen LogP contribution in [-0.2, 0) is 11.2 Å². The predicted molar refractivity (Wildman–Crippen MR) is 111 cm³/mol. The van der Waals surface area contributed by atoms with Gasteiger partial charge in [0.1, 0.15) is 5.75 Å². The normalized spacial score (nSPS) is 10.9. The third-order valence-corrected chi connectivity index (χ3v) is 4.37. The van der Waals surface area contributed by atoms with Crippen LogP contribution in [0.3, 0.4) is 0 Å². The van der Waals surface area contributed by atoms with Crippen LogP contribution in [0.15, 0.2) is 53.1 Å². The molecule has 0 aliphatic rings. The zero-order valence-electron chi connectivity index (χ0n) is 15.5. The summed E-state index contributed by atoms with van der Waals surface area (Å²) in [7, 11) is 0. The van der Waals surface area contributed by atoms with Crippen LogP contribution in [-0.4, -0.2) is 17.0 Å². The van der Waals surface area contributed by atoms with Crippen LogP contribution in [0.25, 0.3) is 11.3 Å². The van der Waals surface area contributed by atoms with E-state index >= 15 is 0 Å². The number of hydrogen-bond acceptors (Lipinski definition) is 4. The molecule has 1 heterocycles. The van der Waals surface area contributed by atoms with Gasteiger partial charge in [0.2, 0.25) is 5.91 Å². The summed E-state index contributed by atoms with van der Waals surface area (Å²) in [6.45, 7) is 3.93. The van der Waals surface area contributed by atoms with Crippen LogP contribution in [0.5, 0.6) is 5.75 Å². The maximum absolute atomic E-state index is 12.2. The number of carbonyl (C=O) groups is 1. The Balaban J connectivity index is 1.54. The molecule has 2 aromatic carbocycles. The number of carbonyl (C=O) groups excluding carboxylic acids is 1. The first-order valence-corrected chi connectivity index (χ1v) is 9.63. The third-order valence-electron chi connectivity index (χ3n) is 3.83. The quantitative estimate of drug-likeness (QED) is 0.510. The molecule has 0 fully saturated rings. The summed E-state index contributed by atoms with van der Waals surface area (Å²) in [5.74, 6) is 1.65. The molecular weight excluding hydrogens is 399 g/mol. The Kier molecular flexibility index (Phi) is 6.60. The summed E-state index contributed by atoms with van der Waals surface area (Å²) in [5, 5.41) is 3.88. The number of halogens is 2. The molecule has 146 valence electrons. The van der Waals surface area contributed by atoms with Crippen molar-refractivity contribution in [2.24, 2.45) is 0 Å². The van der Waals surface area contributed by atoms with E-state index in [9.17, 15) is 4.79 Å². The van der Waals surface area contributed by atoms with Gasteiger partial charge in [0.25, 0.3) is 0 Å². The zero-order valence-corrected chi connectivity index (χ0v) is 17.1. The van der Waals surface area contributed by atoms with Crippen LogP contribution in [0.2, 0.25) is 10.0 Å². The maximum Gasteiger partial charge on any atom is 0.224 e. The number of anilines is 1. The third kappa shape index (κ3) is 5.50. The van der Waals surface area contributed by atoms with E-state index in [1.807, 2.05) is 26.0 Å². The van der Waals surface area contributed by atoms with Gasteiger partial charge in [-0.1, -0.05) is 23.2 Å². The van der Waals surface area contributed by atoms with Gasteiger partial charge < -0.3 is 14.5 Å². The van der Waals surface area contributed by atoms with Crippen LogP contribution in [0.1, 0.15) is 26.2 Å². The van der Waals surface area contributed by atoms with E-state index in [2.05, 4.69) is 10.3 Å². The second-order valence-corrected chi connectivity index (χ2v) is 7.33. The Morgan fingerprint density at radius 2 is 1.93 bits per heavy atom. The van der Waals surface area contributed by atoms with E-state index in [0.29, 0.717) is 39.4 Å². The number of aromatic nitrogens is 1. The van der Waals surface area contributed by atoms with E-state index in [1.165, 1.54) is 0 Å². The van der Waals surface area contributed by atoms with E-state index in [1.54, 1.807) is 36.5 Å². The Bertz CT molecular complexity index is 953. The molecule has 0 aliphatic carbocycles. The van der Waals surface area contributed by atoms with Gasteiger partial charge in [-0.15, -0.1) is 0 Å². The van der Waals surface area contributed by atoms with Crippen molar-refractivity contribution in [3.8, 4) is 17.1 Å². The highest BCUT2D eigenvalue weighted by atomic mass is 35.5. The summed E-state index contributed by atoms with van der Waals surface area (Å²) in [6.07, 6.45) is 2.33. The summed E-state index contributed by atoms with van der Waals surface area (Å²) in [6, 6.07) is 12.4. The average Bonchev–Trinajstić information content (AvgIpc) is 3.10. The van der Waals surface area contributed by atoms with Gasteiger partial charge in [-0.25, -0.2) is 4.98 Å². The molecule has 1 aromatic heterocycles. The van der Waals surface area contributed by atoms with Gasteiger partial charge in [0.15, 0.2) is 11.7 Å². The lowest BCUT2D eigenvalue weighted by Gasteiger charge is -2.10. The number of aryl methyl sites for hydroxylation is 1. The first-order chi connectivity index (χ1) is 13.4. The minimum atomic E-state index is -0.123. The first-order valence-electron chi connectivity index (χ1n) is 8.87. The van der Waals surface area contributed by atoms with Gasteiger partial charge in [-0.3, -0.25) is 4.79 Å². The highest BCUT2D eigenvalue weighted by molar-refractivity contribution is 6.36. The predicted octanol–water partition coefficient (Wildman–Crippen LogP) is 6.01. The Morgan fingerprint density at radius 1 is 1.18 bits per heavy atom. The number of hydrogen-bond donors (Lipinski definition) is 1. The number of ether oxygens (including phenoxy) is 1. The number of amides is 1. The second-order valence-electron chi connectivity index (χ2n) is 6.48. The molecular formula is C21H20Cl2N2O3. The van der Waals surface area contributed by atoms with E-state index < -0.39 is 0 Å². The smallest absolute Gasteiger partial charge is 0.224 e. The average molecular weight is 419 g/mol. The molecule has 0 radical (unpaired) electrons. The van der Waals surface area contributed by atoms with Crippen molar-refractivity contribution in [1.82, 2.24) is 4.98 Å². The van der Waals surface area contributed by atoms with Gasteiger partial charge in [-0.2, -0.15) is 0 Å². The zero-order chi connectivity index (χ0) is 20.1. The largest absolute Gasteiger partial charge is 0.491 e. The Labute approximate surface area is 173 Å². The molecule has 7 heteroatoms. The van der Waals surface area contributed by atoms with Gasteiger partial charge in [0.05, 0.1) is 17.3 Å². The fraction of sp³-hybridized carbons (Fsp3) is 0.238. The lowest BCUT2D eigenvalue weighted by Crippen LogP contribution is -2.12. The minimum absolute atomic E-state index is 0.105. The van der Waals surface area contributed by atoms with E-state index in [4.69, 9.17) is 32.4 Å². The van der Waals surface area contributed by atoms with Crippen molar-refractivity contribution < 1.29 is 13.9 Å². The number of oxazole rings is 1. The fourth-order valence-corrected chi connectivity index (χ4v) is 3.07. The highest BCUT2D eigenvalue weighted by Crippen LogP contribution is 2.30. The first kappa shape index (κ1) is 20.2. The molecule has 0 atom stereocenters. The van der Waals surface area contributed by atoms with Crippen molar-refractivity contribution in [2.75, 3.05) is 5.32 Å². The summed E-state index contributed by atoms with van der Waals surface area (Å²) in [4.78, 5) is 16.4. The van der Waals surface area contributed by atoms with Crippen molar-refractivity contribution in [3.63, 3.8) is 0 Å². The van der Waals surface area contributed by atoms with Gasteiger partial charge >= 0.3 is 0 Å². The molecule has 0 saturated heterocycles. The van der Waals surface area contributed by atoms with E-state index in [-0.39, 0.29) is 18.4 Å². The lowest BCUT2D eigenvalue weighted by molar-refractivity contribution is -0.116. The molecule has 3 rings (SSSR count). The molecule has 5 nitrogen and oxygen atoms in total. The van der Waals surface area contributed by atoms with Crippen LogP contribution in [0, 0.1) is 0 Å². The lowest BCUT2D eigenvalue weighted by atomic mass is 10.2. The highest BCUT2D eigenvalue weighted by Gasteiger charge is 2.12. The fourth-order valence-electron chi connectivity index (χ4n) is 2.57. The number of benzene rings is 2. The maximum atomic E-state index is 12.2. The second kappa shape index (κ2) is 9.13. The topological polar surface area (TPSA) is 64.4 Å². The van der Waals surface area contributed by atoms with Crippen molar-refractivity contribution in [2.45, 2.75) is 32.8 Å². The Morgan fingerprint density at radius 3 is 2.61 bits per heavy atom. The van der Waals surface area contributed by atoms with Crippen molar-refractivity contribution >= 4 is 34.8 Å². The van der Waals surface area contributed by atoms with Gasteiger partial charge in [0, 0.05) is 29.1 Å². The molecule has 0 spiro atoms. The molecule has 0 unspecified atom stereocenters. The Hall–Kier alpha value is -2.50. The standard InChI is InChI=1S/C21H20Cl2N2O3/c1-13(2)27-16-6-4-15(5-7-16)25-20(26)9-10-21-24-12-19(28-21)17-8-3-14(22)11-18(17)23/h3-8,11-13H,9-10H2,1-2H3,(H,25,26). The monoisotopic (exact) mass is 418 g/mol. The van der Waals surface area contributed by atoms with E-state index in [0.717, 1.165) is 5.75 Å². The van der Waals surface area contributed by atoms with Crippen LogP contribution < -0.4 is 10.1 Å². The van der Waals surface area contributed by atoms with Crippen LogP contribution >= 0.6 is 23.2 Å². The SMILES string of the molecule is CC(C)Oc1ccc(NC(=O)CCc2ncc(-c3ccc(Cl)cc3Cl)o2)cc1. The molecule has 1 amide bonds. The number of rotatable bonds is 7. The minimum Gasteiger partial charge on any atom is -0.491 e. The summed E-state index contributed by atoms with van der Waals surface area (Å²) >= 11 is 12.1. The van der Waals surface area contributed by atoms with Crippen LogP contribution in [0.4, 0.5) is 5.69 Å². The van der Waals surface area contributed by atoms with Crippen molar-refractivity contribution in [3.05, 3.63) is 64.6 Å². The molecule has 0 saturated carbocycles. The summed E-state index contributed by atoms with van der Waals surface area (Å²) in [5.41, 5.74) is 1.42. The molecule has 1 N–H and O–H groups in total. The molecule has 0 bridgehead atoms. The number of nitrogens with one attached hydrogen (secondary N) is 1. The molecule has 0 aliphatic heterocycles. The molecule has 3 aromatic rings. The van der Waals surface area contributed by atoms with Crippen molar-refractivity contribution in [1.29, 1.82) is 0 Å².